The predicted octanol–water partition coefficient (Wildman–Crippen LogP) is 2.42. The predicted molar refractivity (Wildman–Crippen MR) is 67.6 cm³/mol. The molecule has 0 unspecified atom stereocenters. The number of nitrogens with two attached hydrogens (primary N) is 1. The van der Waals surface area contributed by atoms with Crippen LogP contribution in [0, 0.1) is 12.8 Å². The lowest BCUT2D eigenvalue weighted by molar-refractivity contribution is 0.134. The Hall–Kier alpha value is -1.22. The summed E-state index contributed by atoms with van der Waals surface area (Å²) >= 11 is 0. The van der Waals surface area contributed by atoms with Gasteiger partial charge in [-0.2, -0.15) is 0 Å². The van der Waals surface area contributed by atoms with E-state index in [0.717, 1.165) is 42.6 Å². The van der Waals surface area contributed by atoms with Crippen LogP contribution in [0.25, 0.3) is 0 Å². The van der Waals surface area contributed by atoms with Crippen LogP contribution < -0.4 is 11.1 Å². The zero-order chi connectivity index (χ0) is 11.4. The highest BCUT2D eigenvalue weighted by Crippen LogP contribution is 2.28. The molecule has 2 rings (SSSR count). The number of nitrogens with one attached hydrogen (secondary N) is 1. The van der Waals surface area contributed by atoms with E-state index in [1.54, 1.807) is 0 Å². The molecule has 0 aromatic heterocycles. The molecule has 88 valence electrons. The summed E-state index contributed by atoms with van der Waals surface area (Å²) in [6.45, 7) is 4.51. The summed E-state index contributed by atoms with van der Waals surface area (Å²) < 4.78 is 5.55. The molecule has 0 amide bonds. The summed E-state index contributed by atoms with van der Waals surface area (Å²) in [6.07, 6.45) is 2.69. The molecule has 1 aromatic rings. The Morgan fingerprint density at radius 2 is 2.25 bits per heavy atom. The van der Waals surface area contributed by atoms with Crippen molar-refractivity contribution in [3.05, 3.63) is 23.8 Å². The van der Waals surface area contributed by atoms with Gasteiger partial charge in [0.2, 0.25) is 0 Å². The van der Waals surface area contributed by atoms with Crippen LogP contribution in [-0.4, -0.2) is 19.8 Å². The van der Waals surface area contributed by atoms with Crippen LogP contribution in [0.15, 0.2) is 18.2 Å². The lowest BCUT2D eigenvalue weighted by Gasteiger charge is -2.11. The van der Waals surface area contributed by atoms with Crippen molar-refractivity contribution >= 4 is 11.4 Å². The molecule has 0 bridgehead atoms. The summed E-state index contributed by atoms with van der Waals surface area (Å²) in [7, 11) is 0. The summed E-state index contributed by atoms with van der Waals surface area (Å²) in [6, 6.07) is 6.03. The Labute approximate surface area is 97.0 Å². The third-order valence-corrected chi connectivity index (χ3v) is 2.94. The van der Waals surface area contributed by atoms with Gasteiger partial charge in [-0.15, -0.1) is 0 Å². The zero-order valence-electron chi connectivity index (χ0n) is 9.83. The number of anilines is 2. The fourth-order valence-corrected chi connectivity index (χ4v) is 1.63. The number of rotatable bonds is 6. The van der Waals surface area contributed by atoms with Gasteiger partial charge in [0.1, 0.15) is 0 Å². The van der Waals surface area contributed by atoms with Gasteiger partial charge in [0.15, 0.2) is 0 Å². The summed E-state index contributed by atoms with van der Waals surface area (Å²) in [5.41, 5.74) is 8.91. The first-order valence-corrected chi connectivity index (χ1v) is 5.94. The number of nitrogen functional groups attached to an aromatic ring is 1. The Kier molecular flexibility index (Phi) is 3.67. The van der Waals surface area contributed by atoms with E-state index in [1.165, 1.54) is 12.8 Å². The molecule has 3 nitrogen and oxygen atoms in total. The second-order valence-electron chi connectivity index (χ2n) is 4.48. The maximum Gasteiger partial charge on any atom is 0.0639 e. The normalized spacial score (nSPS) is 15.1. The molecule has 16 heavy (non-hydrogen) atoms. The quantitative estimate of drug-likeness (QED) is 0.571. The molecule has 0 aliphatic heterocycles. The molecule has 1 fully saturated rings. The topological polar surface area (TPSA) is 47.3 Å². The van der Waals surface area contributed by atoms with Crippen molar-refractivity contribution in [1.29, 1.82) is 0 Å². The van der Waals surface area contributed by atoms with Gasteiger partial charge in [0.25, 0.3) is 0 Å². The van der Waals surface area contributed by atoms with E-state index in [4.69, 9.17) is 10.5 Å². The maximum atomic E-state index is 5.95. The molecular formula is C13H20N2O. The van der Waals surface area contributed by atoms with Crippen molar-refractivity contribution < 1.29 is 4.74 Å². The minimum absolute atomic E-state index is 0.754. The van der Waals surface area contributed by atoms with E-state index in [0.29, 0.717) is 0 Å². The first-order valence-electron chi connectivity index (χ1n) is 5.94. The average Bonchev–Trinajstić information content (AvgIpc) is 3.07. The number of para-hydroxylation sites is 1. The molecule has 0 heterocycles. The van der Waals surface area contributed by atoms with Crippen LogP contribution in [-0.2, 0) is 4.74 Å². The number of aryl methyl sites for hydroxylation is 1. The van der Waals surface area contributed by atoms with Gasteiger partial charge in [-0.25, -0.2) is 0 Å². The van der Waals surface area contributed by atoms with E-state index in [1.807, 2.05) is 25.1 Å². The van der Waals surface area contributed by atoms with Crippen LogP contribution in [0.5, 0.6) is 0 Å². The minimum Gasteiger partial charge on any atom is -0.397 e. The van der Waals surface area contributed by atoms with Crippen molar-refractivity contribution in [1.82, 2.24) is 0 Å². The molecule has 1 aliphatic carbocycles. The number of hydrogen-bond acceptors (Lipinski definition) is 3. The van der Waals surface area contributed by atoms with Crippen LogP contribution in [0.3, 0.4) is 0 Å². The van der Waals surface area contributed by atoms with Gasteiger partial charge < -0.3 is 15.8 Å². The SMILES string of the molecule is Cc1cccc(NCCOCC2CC2)c1N. The number of hydrogen-bond donors (Lipinski definition) is 2. The monoisotopic (exact) mass is 220 g/mol. The molecule has 1 aliphatic rings. The van der Waals surface area contributed by atoms with Gasteiger partial charge in [0, 0.05) is 13.2 Å². The molecule has 0 radical (unpaired) electrons. The van der Waals surface area contributed by atoms with Gasteiger partial charge in [0.05, 0.1) is 18.0 Å². The average molecular weight is 220 g/mol. The lowest BCUT2D eigenvalue weighted by Crippen LogP contribution is -2.12. The lowest BCUT2D eigenvalue weighted by atomic mass is 10.2. The Bertz CT molecular complexity index is 348. The van der Waals surface area contributed by atoms with Gasteiger partial charge in [-0.3, -0.25) is 0 Å². The molecule has 3 N–H and O–H groups in total. The van der Waals surface area contributed by atoms with E-state index >= 15 is 0 Å². The van der Waals surface area contributed by atoms with Crippen molar-refractivity contribution in [2.45, 2.75) is 19.8 Å². The molecule has 0 spiro atoms. The maximum absolute atomic E-state index is 5.95. The minimum atomic E-state index is 0.754. The fourth-order valence-electron chi connectivity index (χ4n) is 1.63. The van der Waals surface area contributed by atoms with Crippen molar-refractivity contribution in [2.24, 2.45) is 5.92 Å². The van der Waals surface area contributed by atoms with E-state index in [-0.39, 0.29) is 0 Å². The largest absolute Gasteiger partial charge is 0.397 e. The Balaban J connectivity index is 1.69. The highest BCUT2D eigenvalue weighted by Gasteiger charge is 2.20. The molecular weight excluding hydrogens is 200 g/mol. The van der Waals surface area contributed by atoms with Crippen molar-refractivity contribution in [2.75, 3.05) is 30.8 Å². The van der Waals surface area contributed by atoms with Gasteiger partial charge in [-0.1, -0.05) is 12.1 Å². The van der Waals surface area contributed by atoms with Crippen LogP contribution in [0.1, 0.15) is 18.4 Å². The molecule has 3 heteroatoms. The standard InChI is InChI=1S/C13H20N2O/c1-10-3-2-4-12(13(10)14)15-7-8-16-9-11-5-6-11/h2-4,11,15H,5-9,14H2,1H3. The second-order valence-corrected chi connectivity index (χ2v) is 4.48. The third kappa shape index (κ3) is 3.14. The summed E-state index contributed by atoms with van der Waals surface area (Å²) in [5.74, 6) is 0.837. The van der Waals surface area contributed by atoms with Crippen LogP contribution in [0.2, 0.25) is 0 Å². The number of ether oxygens (including phenoxy) is 1. The first kappa shape index (κ1) is 11.3. The third-order valence-electron chi connectivity index (χ3n) is 2.94. The summed E-state index contributed by atoms with van der Waals surface area (Å²) in [5, 5.41) is 3.30. The second kappa shape index (κ2) is 5.21. The Morgan fingerprint density at radius 1 is 1.44 bits per heavy atom. The molecule has 0 saturated heterocycles. The highest BCUT2D eigenvalue weighted by molar-refractivity contribution is 5.69. The van der Waals surface area contributed by atoms with Crippen molar-refractivity contribution in [3.63, 3.8) is 0 Å². The molecule has 1 saturated carbocycles. The van der Waals surface area contributed by atoms with Gasteiger partial charge >= 0.3 is 0 Å². The molecule has 0 atom stereocenters. The van der Waals surface area contributed by atoms with Gasteiger partial charge in [-0.05, 0) is 37.3 Å². The van der Waals surface area contributed by atoms with E-state index < -0.39 is 0 Å². The summed E-state index contributed by atoms with van der Waals surface area (Å²) in [4.78, 5) is 0. The first-order chi connectivity index (χ1) is 7.77. The van der Waals surface area contributed by atoms with Crippen molar-refractivity contribution in [3.8, 4) is 0 Å². The zero-order valence-corrected chi connectivity index (χ0v) is 9.83. The molecule has 1 aromatic carbocycles. The van der Waals surface area contributed by atoms with Crippen LogP contribution >= 0.6 is 0 Å². The Morgan fingerprint density at radius 3 is 3.00 bits per heavy atom. The van der Waals surface area contributed by atoms with E-state index in [2.05, 4.69) is 5.32 Å². The van der Waals surface area contributed by atoms with E-state index in [9.17, 15) is 0 Å². The fraction of sp³-hybridized carbons (Fsp3) is 0.538. The smallest absolute Gasteiger partial charge is 0.0639 e. The highest BCUT2D eigenvalue weighted by atomic mass is 16.5. The number of benzene rings is 1. The van der Waals surface area contributed by atoms with Crippen LogP contribution in [0.4, 0.5) is 11.4 Å².